The zero-order chi connectivity index (χ0) is 19.1. The molecule has 2 amide bonds. The molecule has 2 aromatic rings. The molecule has 0 radical (unpaired) electrons. The summed E-state index contributed by atoms with van der Waals surface area (Å²) in [5.74, 6) is 0.174. The number of piperidine rings is 1. The van der Waals surface area contributed by atoms with Crippen LogP contribution in [0.15, 0.2) is 42.9 Å². The molecule has 0 aliphatic carbocycles. The van der Waals surface area contributed by atoms with E-state index in [9.17, 15) is 9.59 Å². The molecule has 1 fully saturated rings. The molecule has 7 nitrogen and oxygen atoms in total. The third-order valence-corrected chi connectivity index (χ3v) is 4.73. The van der Waals surface area contributed by atoms with E-state index >= 15 is 0 Å². The maximum Gasteiger partial charge on any atom is 0.238 e. The molecular formula is C20H25N5O2. The van der Waals surface area contributed by atoms with Crippen molar-refractivity contribution in [1.82, 2.24) is 14.9 Å². The summed E-state index contributed by atoms with van der Waals surface area (Å²) in [5, 5.41) is 5.79. The molecule has 1 aliphatic heterocycles. The van der Waals surface area contributed by atoms with E-state index in [0.717, 1.165) is 37.1 Å². The quantitative estimate of drug-likeness (QED) is 0.818. The summed E-state index contributed by atoms with van der Waals surface area (Å²) in [4.78, 5) is 35.0. The third-order valence-electron chi connectivity index (χ3n) is 4.73. The number of rotatable bonds is 6. The second-order valence-corrected chi connectivity index (χ2v) is 6.71. The molecule has 1 aromatic carbocycles. The van der Waals surface area contributed by atoms with Gasteiger partial charge in [-0.2, -0.15) is 0 Å². The lowest BCUT2D eigenvalue weighted by atomic mass is 9.97. The van der Waals surface area contributed by atoms with Gasteiger partial charge in [0.25, 0.3) is 0 Å². The van der Waals surface area contributed by atoms with E-state index in [1.165, 1.54) is 6.20 Å². The van der Waals surface area contributed by atoms with Gasteiger partial charge >= 0.3 is 0 Å². The second-order valence-electron chi connectivity index (χ2n) is 6.71. The van der Waals surface area contributed by atoms with Crippen molar-refractivity contribution in [3.63, 3.8) is 0 Å². The van der Waals surface area contributed by atoms with Crippen LogP contribution in [0.1, 0.15) is 25.3 Å². The summed E-state index contributed by atoms with van der Waals surface area (Å²) in [6, 6.07) is 7.83. The van der Waals surface area contributed by atoms with Gasteiger partial charge in [0.15, 0.2) is 5.82 Å². The molecular weight excluding hydrogens is 342 g/mol. The summed E-state index contributed by atoms with van der Waals surface area (Å²) in [7, 11) is 0. The van der Waals surface area contributed by atoms with Gasteiger partial charge in [0.2, 0.25) is 11.8 Å². The van der Waals surface area contributed by atoms with Crippen LogP contribution in [-0.2, 0) is 16.0 Å². The number of likely N-dealkylation sites (tertiary alicyclic amines) is 1. The standard InChI is InChI=1S/C20H25N5O2/c1-2-15-6-3-4-8-17(15)23-19(26)14-25-11-5-7-16(13-25)20(27)24-18-12-21-9-10-22-18/h3-4,6,8-10,12,16H,2,5,7,11,13-14H2,1H3,(H,23,26)(H,22,24,27)/t16-/m0/s1. The largest absolute Gasteiger partial charge is 0.325 e. The lowest BCUT2D eigenvalue weighted by molar-refractivity contribution is -0.123. The molecule has 1 atom stereocenters. The Hall–Kier alpha value is -2.80. The van der Waals surface area contributed by atoms with E-state index < -0.39 is 0 Å². The van der Waals surface area contributed by atoms with E-state index in [4.69, 9.17) is 0 Å². The van der Waals surface area contributed by atoms with Crippen LogP contribution in [0, 0.1) is 5.92 Å². The smallest absolute Gasteiger partial charge is 0.238 e. The summed E-state index contributed by atoms with van der Waals surface area (Å²) in [6.45, 7) is 3.73. The number of para-hydroxylation sites is 1. The second kappa shape index (κ2) is 9.23. The minimum atomic E-state index is -0.156. The normalized spacial score (nSPS) is 17.3. The van der Waals surface area contributed by atoms with Gasteiger partial charge in [-0.05, 0) is 37.4 Å². The minimum Gasteiger partial charge on any atom is -0.325 e. The van der Waals surface area contributed by atoms with Crippen molar-refractivity contribution in [2.24, 2.45) is 5.92 Å². The van der Waals surface area contributed by atoms with Gasteiger partial charge in [-0.15, -0.1) is 0 Å². The van der Waals surface area contributed by atoms with Gasteiger partial charge in [0, 0.05) is 24.6 Å². The highest BCUT2D eigenvalue weighted by atomic mass is 16.2. The van der Waals surface area contributed by atoms with Crippen LogP contribution in [0.25, 0.3) is 0 Å². The Morgan fingerprint density at radius 2 is 2.07 bits per heavy atom. The first-order valence-corrected chi connectivity index (χ1v) is 9.32. The van der Waals surface area contributed by atoms with Crippen molar-refractivity contribution >= 4 is 23.3 Å². The average molecular weight is 367 g/mol. The Kier molecular flexibility index (Phi) is 6.49. The van der Waals surface area contributed by atoms with Crippen molar-refractivity contribution in [2.45, 2.75) is 26.2 Å². The molecule has 3 rings (SSSR count). The fourth-order valence-corrected chi connectivity index (χ4v) is 3.35. The van der Waals surface area contributed by atoms with Crippen LogP contribution in [0.5, 0.6) is 0 Å². The number of hydrogen-bond donors (Lipinski definition) is 2. The molecule has 27 heavy (non-hydrogen) atoms. The molecule has 0 saturated carbocycles. The number of amides is 2. The fourth-order valence-electron chi connectivity index (χ4n) is 3.35. The molecule has 7 heteroatoms. The van der Waals surface area contributed by atoms with Crippen molar-refractivity contribution in [1.29, 1.82) is 0 Å². The average Bonchev–Trinajstić information content (AvgIpc) is 2.69. The zero-order valence-electron chi connectivity index (χ0n) is 15.5. The number of hydrogen-bond acceptors (Lipinski definition) is 5. The number of carbonyl (C=O) groups is 2. The van der Waals surface area contributed by atoms with E-state index in [0.29, 0.717) is 12.4 Å². The molecule has 2 N–H and O–H groups in total. The van der Waals surface area contributed by atoms with Crippen LogP contribution in [0.2, 0.25) is 0 Å². The summed E-state index contributed by atoms with van der Waals surface area (Å²) in [5.41, 5.74) is 1.98. The van der Waals surface area contributed by atoms with Gasteiger partial charge < -0.3 is 10.6 Å². The lowest BCUT2D eigenvalue weighted by Crippen LogP contribution is -2.44. The van der Waals surface area contributed by atoms with Gasteiger partial charge in [-0.1, -0.05) is 25.1 Å². The number of benzene rings is 1. The minimum absolute atomic E-state index is 0.0501. The topological polar surface area (TPSA) is 87.2 Å². The predicted octanol–water partition coefficient (Wildman–Crippen LogP) is 2.33. The predicted molar refractivity (Wildman–Crippen MR) is 104 cm³/mol. The Bertz CT molecular complexity index is 781. The van der Waals surface area contributed by atoms with Crippen LogP contribution in [-0.4, -0.2) is 46.3 Å². The SMILES string of the molecule is CCc1ccccc1NC(=O)CN1CCC[C@H](C(=O)Nc2cnccn2)C1. The number of anilines is 2. The van der Waals surface area contributed by atoms with Gasteiger partial charge in [0.1, 0.15) is 0 Å². The van der Waals surface area contributed by atoms with E-state index in [1.807, 2.05) is 29.2 Å². The molecule has 1 aliphatic rings. The summed E-state index contributed by atoms with van der Waals surface area (Å²) < 4.78 is 0. The fraction of sp³-hybridized carbons (Fsp3) is 0.400. The van der Waals surface area contributed by atoms with E-state index in [1.54, 1.807) is 12.4 Å². The zero-order valence-corrected chi connectivity index (χ0v) is 15.5. The highest BCUT2D eigenvalue weighted by Crippen LogP contribution is 2.19. The lowest BCUT2D eigenvalue weighted by Gasteiger charge is -2.31. The number of nitrogens with one attached hydrogen (secondary N) is 2. The highest BCUT2D eigenvalue weighted by Gasteiger charge is 2.27. The number of carbonyl (C=O) groups excluding carboxylic acids is 2. The first-order valence-electron chi connectivity index (χ1n) is 9.32. The maximum absolute atomic E-state index is 12.5. The van der Waals surface area contributed by atoms with Crippen molar-refractivity contribution in [3.8, 4) is 0 Å². The van der Waals surface area contributed by atoms with Gasteiger partial charge in [0.05, 0.1) is 18.7 Å². The van der Waals surface area contributed by atoms with Crippen LogP contribution in [0.3, 0.4) is 0 Å². The van der Waals surface area contributed by atoms with Gasteiger partial charge in [-0.25, -0.2) is 4.98 Å². The maximum atomic E-state index is 12.5. The van der Waals surface area contributed by atoms with Crippen LogP contribution < -0.4 is 10.6 Å². The van der Waals surface area contributed by atoms with Crippen molar-refractivity contribution < 1.29 is 9.59 Å². The molecule has 1 saturated heterocycles. The third kappa shape index (κ3) is 5.34. The van der Waals surface area contributed by atoms with Gasteiger partial charge in [-0.3, -0.25) is 19.5 Å². The van der Waals surface area contributed by atoms with Crippen molar-refractivity contribution in [3.05, 3.63) is 48.4 Å². The highest BCUT2D eigenvalue weighted by molar-refractivity contribution is 5.93. The van der Waals surface area contributed by atoms with E-state index in [2.05, 4.69) is 27.5 Å². The number of aromatic nitrogens is 2. The monoisotopic (exact) mass is 367 g/mol. The Labute approximate surface area is 159 Å². The molecule has 0 bridgehead atoms. The Balaban J connectivity index is 1.53. The van der Waals surface area contributed by atoms with Crippen LogP contribution in [0.4, 0.5) is 11.5 Å². The molecule has 0 spiro atoms. The summed E-state index contributed by atoms with van der Waals surface area (Å²) >= 11 is 0. The molecule has 1 aromatic heterocycles. The molecule has 142 valence electrons. The summed E-state index contributed by atoms with van der Waals surface area (Å²) in [6.07, 6.45) is 7.19. The first kappa shape index (κ1) is 19.0. The Morgan fingerprint density at radius 3 is 2.85 bits per heavy atom. The Morgan fingerprint density at radius 1 is 1.22 bits per heavy atom. The molecule has 2 heterocycles. The van der Waals surface area contributed by atoms with Crippen LogP contribution >= 0.6 is 0 Å². The van der Waals surface area contributed by atoms with Crippen molar-refractivity contribution in [2.75, 3.05) is 30.3 Å². The number of aryl methyl sites for hydroxylation is 1. The molecule has 0 unspecified atom stereocenters. The first-order chi connectivity index (χ1) is 13.2. The van der Waals surface area contributed by atoms with E-state index in [-0.39, 0.29) is 24.3 Å². The number of nitrogens with zero attached hydrogens (tertiary/aromatic N) is 3.